The van der Waals surface area contributed by atoms with E-state index >= 15 is 0 Å². The second-order valence-electron chi connectivity index (χ2n) is 16.5. The van der Waals surface area contributed by atoms with Crippen molar-refractivity contribution >= 4 is 0 Å². The zero-order valence-corrected chi connectivity index (χ0v) is 36.0. The fourth-order valence-electron chi connectivity index (χ4n) is 7.75. The summed E-state index contributed by atoms with van der Waals surface area (Å²) >= 11 is 0. The van der Waals surface area contributed by atoms with Gasteiger partial charge in [0.1, 0.15) is 11.5 Å². The standard InChI is InChI=1S/C50H85NO4/c1-3-5-7-9-11-13-15-17-19-21-23-25-27-29-31-35-39-52-47-41-46(50-54-45-49(55-50)44-51-37-33-34-38-51)42-48(43-47)53-40-36-32-30-28-26-24-22-20-18-16-14-12-10-8-6-4-2/h17-19,22,41-43,49-50H,3-16,21,23-40,44-45H2,1-2H3/b19-17-. The van der Waals surface area contributed by atoms with Crippen molar-refractivity contribution in [2.45, 2.75) is 212 Å². The number of rotatable bonds is 36. The van der Waals surface area contributed by atoms with Crippen LogP contribution >= 0.6 is 0 Å². The van der Waals surface area contributed by atoms with Crippen molar-refractivity contribution in [2.75, 3.05) is 39.5 Å². The van der Waals surface area contributed by atoms with Crippen LogP contribution in [-0.2, 0) is 9.47 Å². The molecule has 314 valence electrons. The highest BCUT2D eigenvalue weighted by molar-refractivity contribution is 5.39. The number of unbranched alkanes of at least 4 members (excludes halogenated alkanes) is 23. The molecule has 2 heterocycles. The van der Waals surface area contributed by atoms with Gasteiger partial charge in [0, 0.05) is 18.2 Å². The van der Waals surface area contributed by atoms with E-state index in [1.54, 1.807) is 0 Å². The average Bonchev–Trinajstić information content (AvgIpc) is 3.90. The van der Waals surface area contributed by atoms with E-state index in [1.165, 1.54) is 180 Å². The zero-order valence-electron chi connectivity index (χ0n) is 36.0. The number of nitrogens with zero attached hydrogens (tertiary/aromatic N) is 1. The highest BCUT2D eigenvalue weighted by Gasteiger charge is 2.30. The van der Waals surface area contributed by atoms with Gasteiger partial charge in [-0.15, -0.1) is 5.73 Å². The first-order valence-electron chi connectivity index (χ1n) is 23.7. The summed E-state index contributed by atoms with van der Waals surface area (Å²) in [5.74, 6) is 1.73. The van der Waals surface area contributed by atoms with Crippen LogP contribution in [0.4, 0.5) is 0 Å². The normalized spacial score (nSPS) is 17.3. The molecule has 2 saturated heterocycles. The molecular weight excluding hydrogens is 679 g/mol. The third-order valence-corrected chi connectivity index (χ3v) is 11.2. The lowest BCUT2D eigenvalue weighted by Gasteiger charge is -2.19. The Bertz CT molecular complexity index is 1120. The molecule has 3 rings (SSSR count). The molecule has 1 aromatic rings. The highest BCUT2D eigenvalue weighted by atomic mass is 16.7. The summed E-state index contributed by atoms with van der Waals surface area (Å²) in [6, 6.07) is 6.27. The van der Waals surface area contributed by atoms with E-state index in [9.17, 15) is 0 Å². The summed E-state index contributed by atoms with van der Waals surface area (Å²) in [7, 11) is 0. The van der Waals surface area contributed by atoms with Gasteiger partial charge < -0.3 is 23.8 Å². The topological polar surface area (TPSA) is 40.2 Å². The predicted octanol–water partition coefficient (Wildman–Crippen LogP) is 14.8. The molecule has 0 aliphatic carbocycles. The van der Waals surface area contributed by atoms with Gasteiger partial charge in [0.2, 0.25) is 0 Å². The molecule has 1 aromatic carbocycles. The fraction of sp³-hybridized carbons (Fsp3) is 0.780. The first kappa shape index (κ1) is 47.3. The molecule has 0 N–H and O–H groups in total. The number of hydrogen-bond donors (Lipinski definition) is 0. The molecule has 0 saturated carbocycles. The lowest BCUT2D eigenvalue weighted by Crippen LogP contribution is -2.31. The van der Waals surface area contributed by atoms with E-state index in [-0.39, 0.29) is 12.4 Å². The van der Waals surface area contributed by atoms with E-state index in [0.29, 0.717) is 6.61 Å². The number of likely N-dealkylation sites (tertiary alicyclic amines) is 1. The Labute approximate surface area is 340 Å². The summed E-state index contributed by atoms with van der Waals surface area (Å²) in [6.45, 7) is 9.98. The molecule has 0 amide bonds. The van der Waals surface area contributed by atoms with Crippen LogP contribution in [0.3, 0.4) is 0 Å². The van der Waals surface area contributed by atoms with Crippen LogP contribution < -0.4 is 9.47 Å². The summed E-state index contributed by atoms with van der Waals surface area (Å²) in [5.41, 5.74) is 4.41. The van der Waals surface area contributed by atoms with Gasteiger partial charge in [-0.1, -0.05) is 135 Å². The molecule has 5 heteroatoms. The van der Waals surface area contributed by atoms with Gasteiger partial charge in [-0.3, -0.25) is 0 Å². The minimum atomic E-state index is -0.358. The average molecular weight is 764 g/mol. The molecule has 2 unspecified atom stereocenters. The van der Waals surface area contributed by atoms with Crippen molar-refractivity contribution in [3.63, 3.8) is 0 Å². The first-order valence-corrected chi connectivity index (χ1v) is 23.7. The van der Waals surface area contributed by atoms with Crippen molar-refractivity contribution in [3.05, 3.63) is 53.8 Å². The second kappa shape index (κ2) is 34.0. The van der Waals surface area contributed by atoms with Gasteiger partial charge in [-0.25, -0.2) is 0 Å². The van der Waals surface area contributed by atoms with Crippen molar-refractivity contribution < 1.29 is 18.9 Å². The Kier molecular flexibility index (Phi) is 29.3. The molecule has 2 atom stereocenters. The SMILES string of the molecule is CCCCCCCCC=C=CCCCCCCCOc1cc(OCCCCCCCC/C=C\CCCCCCCC)cc(C2OCC(CN3CCCC3)O2)c1. The van der Waals surface area contributed by atoms with Gasteiger partial charge in [0.15, 0.2) is 6.29 Å². The quantitative estimate of drug-likeness (QED) is 0.0387. The molecule has 2 aliphatic rings. The van der Waals surface area contributed by atoms with Crippen molar-refractivity contribution in [3.8, 4) is 11.5 Å². The third kappa shape index (κ3) is 25.0. The van der Waals surface area contributed by atoms with Gasteiger partial charge in [-0.05, 0) is 114 Å². The fourth-order valence-corrected chi connectivity index (χ4v) is 7.75. The highest BCUT2D eigenvalue weighted by Crippen LogP contribution is 2.34. The Morgan fingerprint density at radius 2 is 1.04 bits per heavy atom. The number of ether oxygens (including phenoxy) is 4. The summed E-state index contributed by atoms with van der Waals surface area (Å²) in [5, 5.41) is 0. The maximum Gasteiger partial charge on any atom is 0.184 e. The Morgan fingerprint density at radius 3 is 1.55 bits per heavy atom. The maximum absolute atomic E-state index is 6.41. The van der Waals surface area contributed by atoms with E-state index < -0.39 is 0 Å². The van der Waals surface area contributed by atoms with Gasteiger partial charge >= 0.3 is 0 Å². The molecular formula is C50H85NO4. The van der Waals surface area contributed by atoms with Crippen LogP contribution in [0.5, 0.6) is 11.5 Å². The van der Waals surface area contributed by atoms with Gasteiger partial charge in [-0.2, -0.15) is 0 Å². The minimum Gasteiger partial charge on any atom is -0.493 e. The van der Waals surface area contributed by atoms with E-state index in [0.717, 1.165) is 56.1 Å². The van der Waals surface area contributed by atoms with Crippen LogP contribution in [0.25, 0.3) is 0 Å². The second-order valence-corrected chi connectivity index (χ2v) is 16.5. The molecule has 0 radical (unpaired) electrons. The summed E-state index contributed by atoms with van der Waals surface area (Å²) < 4.78 is 25.2. The lowest BCUT2D eigenvalue weighted by atomic mass is 10.1. The summed E-state index contributed by atoms with van der Waals surface area (Å²) in [4.78, 5) is 2.51. The molecule has 2 fully saturated rings. The van der Waals surface area contributed by atoms with Crippen LogP contribution in [0.15, 0.2) is 48.2 Å². The third-order valence-electron chi connectivity index (χ3n) is 11.2. The van der Waals surface area contributed by atoms with E-state index in [1.807, 2.05) is 0 Å². The maximum atomic E-state index is 6.41. The van der Waals surface area contributed by atoms with Gasteiger partial charge in [0.25, 0.3) is 0 Å². The zero-order chi connectivity index (χ0) is 38.7. The Morgan fingerprint density at radius 1 is 0.582 bits per heavy atom. The Hall–Kier alpha value is -2.04. The lowest BCUT2D eigenvalue weighted by molar-refractivity contribution is -0.0637. The van der Waals surface area contributed by atoms with E-state index in [2.05, 4.69) is 67.0 Å². The summed E-state index contributed by atoms with van der Waals surface area (Å²) in [6.07, 6.45) is 46.6. The molecule has 0 spiro atoms. The van der Waals surface area contributed by atoms with Crippen molar-refractivity contribution in [2.24, 2.45) is 0 Å². The molecule has 5 nitrogen and oxygen atoms in total. The number of benzene rings is 1. The van der Waals surface area contributed by atoms with Crippen LogP contribution in [-0.4, -0.2) is 50.5 Å². The molecule has 55 heavy (non-hydrogen) atoms. The number of allylic oxidation sites excluding steroid dienone is 3. The smallest absolute Gasteiger partial charge is 0.184 e. The van der Waals surface area contributed by atoms with Crippen molar-refractivity contribution in [1.82, 2.24) is 4.90 Å². The molecule has 2 aliphatic heterocycles. The monoisotopic (exact) mass is 764 g/mol. The minimum absolute atomic E-state index is 0.120. The largest absolute Gasteiger partial charge is 0.493 e. The van der Waals surface area contributed by atoms with Crippen LogP contribution in [0.1, 0.15) is 212 Å². The van der Waals surface area contributed by atoms with Crippen LogP contribution in [0.2, 0.25) is 0 Å². The van der Waals surface area contributed by atoms with E-state index in [4.69, 9.17) is 18.9 Å². The Balaban J connectivity index is 1.29. The van der Waals surface area contributed by atoms with Crippen LogP contribution in [0, 0.1) is 0 Å². The van der Waals surface area contributed by atoms with Crippen molar-refractivity contribution in [1.29, 1.82) is 0 Å². The predicted molar refractivity (Wildman–Crippen MR) is 234 cm³/mol. The van der Waals surface area contributed by atoms with Gasteiger partial charge in [0.05, 0.1) is 25.9 Å². The number of hydrogen-bond acceptors (Lipinski definition) is 5. The first-order chi connectivity index (χ1) is 27.3. The molecule has 0 aromatic heterocycles. The molecule has 0 bridgehead atoms.